The van der Waals surface area contributed by atoms with Crippen molar-refractivity contribution >= 4 is 11.6 Å². The van der Waals surface area contributed by atoms with Crippen LogP contribution in [-0.2, 0) is 9.47 Å². The zero-order valence-electron chi connectivity index (χ0n) is 18.2. The topological polar surface area (TPSA) is 49.3 Å². The minimum atomic E-state index is 0.308. The summed E-state index contributed by atoms with van der Waals surface area (Å²) in [6.45, 7) is 8.35. The summed E-state index contributed by atoms with van der Waals surface area (Å²) in [5.74, 6) is 1.03. The van der Waals surface area contributed by atoms with Crippen molar-refractivity contribution in [3.05, 3.63) is 30.3 Å². The number of piperidine rings is 1. The van der Waals surface area contributed by atoms with Gasteiger partial charge in [0.15, 0.2) is 5.96 Å². The number of hydrogen-bond acceptors (Lipinski definition) is 4. The van der Waals surface area contributed by atoms with Crippen molar-refractivity contribution in [2.45, 2.75) is 51.2 Å². The Labute approximate surface area is 176 Å². The predicted octanol–water partition coefficient (Wildman–Crippen LogP) is 3.14. The van der Waals surface area contributed by atoms with Crippen LogP contribution in [0.4, 0.5) is 5.69 Å². The Balaban J connectivity index is 1.41. The van der Waals surface area contributed by atoms with Gasteiger partial charge in [-0.15, -0.1) is 0 Å². The lowest BCUT2D eigenvalue weighted by atomic mass is 10.1. The van der Waals surface area contributed by atoms with E-state index in [1.165, 1.54) is 18.5 Å². The number of nitrogens with zero attached hydrogens (tertiary/aromatic N) is 3. The van der Waals surface area contributed by atoms with E-state index in [9.17, 15) is 0 Å². The van der Waals surface area contributed by atoms with Gasteiger partial charge >= 0.3 is 0 Å². The van der Waals surface area contributed by atoms with Gasteiger partial charge < -0.3 is 24.6 Å². The van der Waals surface area contributed by atoms with E-state index in [1.807, 2.05) is 6.07 Å². The van der Waals surface area contributed by atoms with Crippen molar-refractivity contribution in [3.8, 4) is 0 Å². The Kier molecular flexibility index (Phi) is 9.09. The molecule has 0 aliphatic carbocycles. The van der Waals surface area contributed by atoms with Crippen molar-refractivity contribution in [1.82, 2.24) is 10.2 Å². The van der Waals surface area contributed by atoms with Gasteiger partial charge in [0.05, 0.1) is 25.4 Å². The number of guanidine groups is 1. The van der Waals surface area contributed by atoms with E-state index in [4.69, 9.17) is 14.5 Å². The fourth-order valence-corrected chi connectivity index (χ4v) is 3.96. The lowest BCUT2D eigenvalue weighted by molar-refractivity contribution is -0.0721. The Morgan fingerprint density at radius 2 is 2.00 bits per heavy atom. The number of likely N-dealkylation sites (N-methyl/N-ethyl adjacent to an activating group) is 1. The predicted molar refractivity (Wildman–Crippen MR) is 120 cm³/mol. The van der Waals surface area contributed by atoms with Gasteiger partial charge in [-0.05, 0) is 51.2 Å². The third kappa shape index (κ3) is 7.19. The van der Waals surface area contributed by atoms with Gasteiger partial charge in [-0.2, -0.15) is 0 Å². The Bertz CT molecular complexity index is 596. The van der Waals surface area contributed by atoms with Crippen LogP contribution in [0, 0.1) is 0 Å². The van der Waals surface area contributed by atoms with Gasteiger partial charge in [-0.25, -0.2) is 0 Å². The molecule has 3 rings (SSSR count). The van der Waals surface area contributed by atoms with Crippen molar-refractivity contribution in [3.63, 3.8) is 0 Å². The third-order valence-corrected chi connectivity index (χ3v) is 5.76. The molecule has 0 spiro atoms. The number of rotatable bonds is 8. The first-order chi connectivity index (χ1) is 14.3. The molecule has 1 atom stereocenters. The molecule has 1 N–H and O–H groups in total. The normalized spacial score (nSPS) is 21.2. The van der Waals surface area contributed by atoms with Crippen LogP contribution in [0.5, 0.6) is 0 Å². The van der Waals surface area contributed by atoms with Gasteiger partial charge in [0, 0.05) is 45.5 Å². The molecular formula is C23H38N4O2. The van der Waals surface area contributed by atoms with Crippen LogP contribution in [-0.4, -0.2) is 76.1 Å². The molecule has 0 aromatic heterocycles. The lowest BCUT2D eigenvalue weighted by Gasteiger charge is -2.35. The lowest BCUT2D eigenvalue weighted by Crippen LogP contribution is -2.47. The summed E-state index contributed by atoms with van der Waals surface area (Å²) in [7, 11) is 2.12. The van der Waals surface area contributed by atoms with E-state index in [0.717, 1.165) is 71.2 Å². The highest BCUT2D eigenvalue weighted by molar-refractivity contribution is 5.80. The molecular weight excluding hydrogens is 364 g/mol. The van der Waals surface area contributed by atoms with Crippen LogP contribution < -0.4 is 10.2 Å². The molecule has 2 heterocycles. The maximum atomic E-state index is 6.15. The zero-order valence-corrected chi connectivity index (χ0v) is 18.2. The van der Waals surface area contributed by atoms with Crippen molar-refractivity contribution in [2.75, 3.05) is 57.9 Å². The standard InChI is InChI=1S/C23H38N4O2/c1-3-24-23(25-14-17-26(2)20-9-5-4-6-10-20)27-15-12-21(13-16-27)29-19-22-11-7-8-18-28-22/h4-6,9-10,21-22H,3,7-8,11-19H2,1-2H3,(H,24,25). The molecule has 0 bridgehead atoms. The average molecular weight is 403 g/mol. The summed E-state index contributed by atoms with van der Waals surface area (Å²) < 4.78 is 11.9. The fraction of sp³-hybridized carbons (Fsp3) is 0.696. The van der Waals surface area contributed by atoms with Crippen LogP contribution >= 0.6 is 0 Å². The Morgan fingerprint density at radius 3 is 2.69 bits per heavy atom. The van der Waals surface area contributed by atoms with Crippen LogP contribution in [0.3, 0.4) is 0 Å². The largest absolute Gasteiger partial charge is 0.376 e. The van der Waals surface area contributed by atoms with Crippen LogP contribution in [0.2, 0.25) is 0 Å². The molecule has 6 nitrogen and oxygen atoms in total. The summed E-state index contributed by atoms with van der Waals surface area (Å²) >= 11 is 0. The molecule has 162 valence electrons. The molecule has 2 fully saturated rings. The number of para-hydroxylation sites is 1. The van der Waals surface area contributed by atoms with E-state index in [-0.39, 0.29) is 0 Å². The number of anilines is 1. The van der Waals surface area contributed by atoms with Gasteiger partial charge in [-0.3, -0.25) is 4.99 Å². The van der Waals surface area contributed by atoms with Crippen LogP contribution in [0.1, 0.15) is 39.0 Å². The quantitative estimate of drug-likeness (QED) is 0.535. The molecule has 6 heteroatoms. The van der Waals surface area contributed by atoms with Crippen molar-refractivity contribution in [1.29, 1.82) is 0 Å². The Hall–Kier alpha value is -1.79. The molecule has 0 saturated carbocycles. The number of ether oxygens (including phenoxy) is 2. The van der Waals surface area contributed by atoms with E-state index >= 15 is 0 Å². The van der Waals surface area contributed by atoms with Gasteiger partial charge in [0.1, 0.15) is 0 Å². The minimum Gasteiger partial charge on any atom is -0.376 e. The van der Waals surface area contributed by atoms with Crippen LogP contribution in [0.25, 0.3) is 0 Å². The van der Waals surface area contributed by atoms with Crippen LogP contribution in [0.15, 0.2) is 35.3 Å². The summed E-state index contributed by atoms with van der Waals surface area (Å²) in [4.78, 5) is 9.50. The maximum absolute atomic E-state index is 6.15. The molecule has 1 unspecified atom stereocenters. The molecule has 1 aromatic rings. The highest BCUT2D eigenvalue weighted by Gasteiger charge is 2.23. The smallest absolute Gasteiger partial charge is 0.193 e. The molecule has 29 heavy (non-hydrogen) atoms. The minimum absolute atomic E-state index is 0.308. The summed E-state index contributed by atoms with van der Waals surface area (Å²) in [6.07, 6.45) is 6.39. The molecule has 2 aliphatic heterocycles. The molecule has 2 saturated heterocycles. The zero-order chi connectivity index (χ0) is 20.3. The molecule has 0 radical (unpaired) electrons. The highest BCUT2D eigenvalue weighted by Crippen LogP contribution is 2.18. The number of aliphatic imine (C=N–C) groups is 1. The SMILES string of the molecule is CCNC(=NCCN(C)c1ccccc1)N1CCC(OCC2CCCCO2)CC1. The first-order valence-electron chi connectivity index (χ1n) is 11.3. The van der Waals surface area contributed by atoms with Crippen molar-refractivity contribution in [2.24, 2.45) is 4.99 Å². The number of nitrogens with one attached hydrogen (secondary N) is 1. The number of hydrogen-bond donors (Lipinski definition) is 1. The third-order valence-electron chi connectivity index (χ3n) is 5.76. The summed E-state index contributed by atoms with van der Waals surface area (Å²) in [5, 5.41) is 3.46. The maximum Gasteiger partial charge on any atom is 0.193 e. The summed E-state index contributed by atoms with van der Waals surface area (Å²) in [6, 6.07) is 10.5. The van der Waals surface area contributed by atoms with E-state index < -0.39 is 0 Å². The molecule has 1 aromatic carbocycles. The molecule has 0 amide bonds. The first-order valence-corrected chi connectivity index (χ1v) is 11.3. The van der Waals surface area contributed by atoms with Gasteiger partial charge in [0.25, 0.3) is 0 Å². The van der Waals surface area contributed by atoms with Gasteiger partial charge in [-0.1, -0.05) is 18.2 Å². The van der Waals surface area contributed by atoms with Gasteiger partial charge in [0.2, 0.25) is 0 Å². The van der Waals surface area contributed by atoms with E-state index in [0.29, 0.717) is 12.2 Å². The van der Waals surface area contributed by atoms with E-state index in [2.05, 4.69) is 53.4 Å². The average Bonchev–Trinajstić information content (AvgIpc) is 2.79. The number of benzene rings is 1. The fourth-order valence-electron chi connectivity index (χ4n) is 3.96. The second-order valence-corrected chi connectivity index (χ2v) is 8.00. The second-order valence-electron chi connectivity index (χ2n) is 8.00. The first kappa shape index (κ1) is 21.9. The second kappa shape index (κ2) is 12.0. The van der Waals surface area contributed by atoms with E-state index in [1.54, 1.807) is 0 Å². The Morgan fingerprint density at radius 1 is 1.21 bits per heavy atom. The summed E-state index contributed by atoms with van der Waals surface area (Å²) in [5.41, 5.74) is 1.23. The van der Waals surface area contributed by atoms with Crippen molar-refractivity contribution < 1.29 is 9.47 Å². The monoisotopic (exact) mass is 402 g/mol. The highest BCUT2D eigenvalue weighted by atomic mass is 16.5. The number of likely N-dealkylation sites (tertiary alicyclic amines) is 1. The molecule has 2 aliphatic rings.